The van der Waals surface area contributed by atoms with Crippen molar-refractivity contribution in [3.05, 3.63) is 72.1 Å². The Balaban J connectivity index is 0.000000707. The van der Waals surface area contributed by atoms with E-state index in [9.17, 15) is 27.3 Å². The number of aryl methyl sites for hydroxylation is 1. The molecule has 4 rings (SSSR count). The molecule has 0 N–H and O–H groups in total. The molecule has 1 aliphatic heterocycles. The fourth-order valence-corrected chi connectivity index (χ4v) is 6.49. The molecule has 1 aliphatic rings. The first-order chi connectivity index (χ1) is 21.3. The van der Waals surface area contributed by atoms with Crippen LogP contribution in [0.4, 0.5) is 13.2 Å². The minimum atomic E-state index is -5.19. The number of alkyl halides is 3. The number of halogens is 3. The molecule has 0 bridgehead atoms. The van der Waals surface area contributed by atoms with Gasteiger partial charge in [-0.3, -0.25) is 19.1 Å². The number of aromatic nitrogens is 2. The van der Waals surface area contributed by atoms with Crippen LogP contribution in [-0.2, 0) is 38.0 Å². The van der Waals surface area contributed by atoms with Crippen LogP contribution in [0, 0.1) is 0 Å². The number of rotatable bonds is 14. The monoisotopic (exact) mass is 653 g/mol. The van der Waals surface area contributed by atoms with Crippen LogP contribution >= 0.6 is 7.60 Å². The number of aliphatic carboxylic acids is 1. The number of fused-ring (bicyclic) bond motifs is 2. The lowest BCUT2D eigenvalue weighted by Crippen LogP contribution is -2.42. The Morgan fingerprint density at radius 1 is 1.04 bits per heavy atom. The van der Waals surface area contributed by atoms with E-state index < -0.39 is 19.7 Å². The third kappa shape index (κ3) is 8.38. The number of carbonyl (C=O) groups excluding carboxylic acids is 3. The second kappa shape index (κ2) is 15.3. The normalized spacial score (nSPS) is 13.1. The number of amides is 2. The van der Waals surface area contributed by atoms with Crippen molar-refractivity contribution in [3.63, 3.8) is 0 Å². The molecule has 45 heavy (non-hydrogen) atoms. The Bertz CT molecular complexity index is 1560. The third-order valence-corrected chi connectivity index (χ3v) is 8.85. The van der Waals surface area contributed by atoms with Crippen molar-refractivity contribution < 1.29 is 55.6 Å². The molecule has 0 saturated carbocycles. The molecule has 2 amide bonds. The van der Waals surface area contributed by atoms with Gasteiger partial charge in [-0.15, -0.1) is 0 Å². The number of allylic oxidation sites excluding steroid dienone is 1. The summed E-state index contributed by atoms with van der Waals surface area (Å²) in [6, 6.07) is 12.7. The SMILES string of the molecule is C=CC[n+]1c(CN2C(=O)c3ccccc3C2=O)n(CC)c2cc(OCCCP(=O)(OCC)OCC)ccc21.O=C([O-])C(F)(F)F. The highest BCUT2D eigenvalue weighted by molar-refractivity contribution is 7.53. The van der Waals surface area contributed by atoms with Gasteiger partial charge in [0.2, 0.25) is 0 Å². The molecule has 11 nitrogen and oxygen atoms in total. The smallest absolute Gasteiger partial charge is 0.430 e. The number of hydrogen-bond donors (Lipinski definition) is 0. The second-order valence-electron chi connectivity index (χ2n) is 9.61. The maximum Gasteiger partial charge on any atom is 0.430 e. The van der Waals surface area contributed by atoms with Crippen molar-refractivity contribution in [1.29, 1.82) is 0 Å². The standard InChI is InChI=1S/C28H35N3O6P.C2HF3O2/c1-5-16-30-24-15-14-21(35-17-11-18-38(34,36-7-3)37-8-4)19-25(24)29(6-2)26(30)20-31-27(32)22-12-9-10-13-23(22)28(31)33;3-2(4,5)1(6)7/h5,9-10,12-15,19H,1,6-8,11,16-18,20H2,2-4H3;(H,6,7)/q+1;/p-1. The predicted octanol–water partition coefficient (Wildman–Crippen LogP) is 4.26. The van der Waals surface area contributed by atoms with E-state index in [1.807, 2.05) is 25.1 Å². The van der Waals surface area contributed by atoms with Crippen molar-refractivity contribution in [1.82, 2.24) is 9.47 Å². The van der Waals surface area contributed by atoms with Gasteiger partial charge >= 0.3 is 13.8 Å². The number of benzene rings is 2. The Kier molecular flexibility index (Phi) is 12.1. The van der Waals surface area contributed by atoms with Gasteiger partial charge < -0.3 is 23.7 Å². The highest BCUT2D eigenvalue weighted by Gasteiger charge is 2.38. The van der Waals surface area contributed by atoms with E-state index in [2.05, 4.69) is 15.7 Å². The van der Waals surface area contributed by atoms with E-state index in [0.29, 0.717) is 56.2 Å². The summed E-state index contributed by atoms with van der Waals surface area (Å²) in [5, 5.41) is 8.78. The van der Waals surface area contributed by atoms with Gasteiger partial charge in [0.25, 0.3) is 17.6 Å². The molecule has 244 valence electrons. The Morgan fingerprint density at radius 2 is 1.62 bits per heavy atom. The van der Waals surface area contributed by atoms with Crippen LogP contribution in [0.2, 0.25) is 0 Å². The van der Waals surface area contributed by atoms with E-state index >= 15 is 0 Å². The quantitative estimate of drug-likeness (QED) is 0.0830. The molecule has 0 aliphatic carbocycles. The molecule has 0 atom stereocenters. The number of hydrogen-bond acceptors (Lipinski definition) is 8. The van der Waals surface area contributed by atoms with Gasteiger partial charge in [-0.05, 0) is 51.5 Å². The van der Waals surface area contributed by atoms with Crippen LogP contribution in [0.3, 0.4) is 0 Å². The number of carbonyl (C=O) groups is 3. The van der Waals surface area contributed by atoms with Gasteiger partial charge in [-0.25, -0.2) is 9.13 Å². The topological polar surface area (TPSA) is 131 Å². The number of carboxylic acids is 1. The van der Waals surface area contributed by atoms with Gasteiger partial charge in [-0.2, -0.15) is 13.2 Å². The molecule has 1 aromatic heterocycles. The van der Waals surface area contributed by atoms with Crippen LogP contribution in [0.25, 0.3) is 11.0 Å². The Hall–Kier alpha value is -4.00. The zero-order valence-electron chi connectivity index (χ0n) is 25.2. The van der Waals surface area contributed by atoms with Crippen LogP contribution in [0.1, 0.15) is 53.7 Å². The van der Waals surface area contributed by atoms with Gasteiger partial charge in [-0.1, -0.05) is 24.8 Å². The van der Waals surface area contributed by atoms with E-state index in [0.717, 1.165) is 16.9 Å². The molecular weight excluding hydrogens is 618 g/mol. The molecule has 0 fully saturated rings. The summed E-state index contributed by atoms with van der Waals surface area (Å²) in [7, 11) is -3.11. The van der Waals surface area contributed by atoms with Crippen molar-refractivity contribution in [2.45, 2.75) is 53.0 Å². The lowest BCUT2D eigenvalue weighted by molar-refractivity contribution is -0.670. The fraction of sp³-hybridized carbons (Fsp3) is 0.400. The van der Waals surface area contributed by atoms with Gasteiger partial charge in [0, 0.05) is 6.07 Å². The number of carboxylic acid groups (broad SMARTS) is 1. The summed E-state index contributed by atoms with van der Waals surface area (Å²) in [5.41, 5.74) is 2.73. The van der Waals surface area contributed by atoms with Crippen molar-refractivity contribution in [2.75, 3.05) is 26.0 Å². The van der Waals surface area contributed by atoms with Crippen molar-refractivity contribution in [2.24, 2.45) is 0 Å². The van der Waals surface area contributed by atoms with Crippen molar-refractivity contribution >= 4 is 36.4 Å². The summed E-state index contributed by atoms with van der Waals surface area (Å²) in [4.78, 5) is 36.2. The molecule has 15 heteroatoms. The minimum absolute atomic E-state index is 0.142. The summed E-state index contributed by atoms with van der Waals surface area (Å²) >= 11 is 0. The summed E-state index contributed by atoms with van der Waals surface area (Å²) < 4.78 is 65.1. The number of imidazole rings is 1. The zero-order valence-corrected chi connectivity index (χ0v) is 26.1. The highest BCUT2D eigenvalue weighted by Crippen LogP contribution is 2.48. The number of ether oxygens (including phenoxy) is 1. The van der Waals surface area contributed by atoms with Crippen LogP contribution in [0.15, 0.2) is 55.1 Å². The first-order valence-electron chi connectivity index (χ1n) is 14.2. The van der Waals surface area contributed by atoms with Crippen LogP contribution < -0.4 is 14.4 Å². The summed E-state index contributed by atoms with van der Waals surface area (Å²) in [5.74, 6) is -2.09. The molecular formula is C30H35F3N3O8P. The van der Waals surface area contributed by atoms with Gasteiger partial charge in [0.1, 0.15) is 24.8 Å². The number of imide groups is 1. The van der Waals surface area contributed by atoms with E-state index in [-0.39, 0.29) is 24.5 Å². The minimum Gasteiger partial charge on any atom is -0.542 e. The average Bonchev–Trinajstić information content (AvgIpc) is 3.41. The van der Waals surface area contributed by atoms with E-state index in [1.54, 1.807) is 44.2 Å². The molecule has 2 aromatic carbocycles. The first kappa shape index (κ1) is 35.5. The van der Waals surface area contributed by atoms with Gasteiger partial charge in [0.05, 0.1) is 43.7 Å². The highest BCUT2D eigenvalue weighted by atomic mass is 31.2. The fourth-order valence-electron chi connectivity index (χ4n) is 4.85. The summed E-state index contributed by atoms with van der Waals surface area (Å²) in [6.07, 6.45) is -2.59. The molecule has 0 saturated heterocycles. The van der Waals surface area contributed by atoms with Crippen LogP contribution in [0.5, 0.6) is 5.75 Å². The largest absolute Gasteiger partial charge is 0.542 e. The van der Waals surface area contributed by atoms with Gasteiger partial charge in [0.15, 0.2) is 11.0 Å². The molecule has 3 aromatic rings. The average molecular weight is 654 g/mol. The second-order valence-corrected chi connectivity index (χ2v) is 11.8. The zero-order chi connectivity index (χ0) is 33.4. The molecule has 0 spiro atoms. The molecule has 0 radical (unpaired) electrons. The predicted molar refractivity (Wildman–Crippen MR) is 156 cm³/mol. The molecule has 2 heterocycles. The van der Waals surface area contributed by atoms with Crippen LogP contribution in [-0.4, -0.2) is 59.4 Å². The van der Waals surface area contributed by atoms with E-state index in [4.69, 9.17) is 23.7 Å². The summed E-state index contributed by atoms with van der Waals surface area (Å²) in [6.45, 7) is 11.8. The Labute approximate surface area is 258 Å². The maximum atomic E-state index is 13.1. The number of nitrogens with zero attached hydrogens (tertiary/aromatic N) is 3. The third-order valence-electron chi connectivity index (χ3n) is 6.69. The van der Waals surface area contributed by atoms with Crippen molar-refractivity contribution in [3.8, 4) is 5.75 Å². The van der Waals surface area contributed by atoms with E-state index in [1.165, 1.54) is 4.90 Å². The lowest BCUT2D eigenvalue weighted by atomic mass is 10.1. The maximum absolute atomic E-state index is 13.1. The first-order valence-corrected chi connectivity index (χ1v) is 15.9. The lowest BCUT2D eigenvalue weighted by Gasteiger charge is -2.16. The molecule has 0 unspecified atom stereocenters. The Morgan fingerprint density at radius 3 is 2.11 bits per heavy atom.